The van der Waals surface area contributed by atoms with Crippen molar-refractivity contribution in [3.05, 3.63) is 71.7 Å². The summed E-state index contributed by atoms with van der Waals surface area (Å²) in [6.45, 7) is 1.55. The van der Waals surface area contributed by atoms with Crippen LogP contribution in [0.4, 0.5) is 4.39 Å². The molecule has 4 heterocycles. The summed E-state index contributed by atoms with van der Waals surface area (Å²) in [6, 6.07) is 10.6. The number of hydrogen-bond acceptors (Lipinski definition) is 7. The number of rotatable bonds is 5. The molecule has 0 aliphatic rings. The maximum absolute atomic E-state index is 14.7. The van der Waals surface area contributed by atoms with Gasteiger partial charge in [-0.2, -0.15) is 0 Å². The van der Waals surface area contributed by atoms with Crippen LogP contribution < -0.4 is 4.74 Å². The molecule has 0 unspecified atom stereocenters. The van der Waals surface area contributed by atoms with E-state index in [0.29, 0.717) is 28.6 Å². The van der Waals surface area contributed by atoms with Crippen LogP contribution in [0.15, 0.2) is 53.3 Å². The van der Waals surface area contributed by atoms with Crippen LogP contribution in [0.2, 0.25) is 0 Å². The highest BCUT2D eigenvalue weighted by atomic mass is 19.1. The van der Waals surface area contributed by atoms with Crippen molar-refractivity contribution in [1.82, 2.24) is 24.7 Å². The molecule has 0 fully saturated rings. The number of benzene rings is 1. The fourth-order valence-electron chi connectivity index (χ4n) is 3.64. The molecule has 1 atom stereocenters. The van der Waals surface area contributed by atoms with Gasteiger partial charge in [0.2, 0.25) is 0 Å². The average molecular weight is 419 g/mol. The lowest BCUT2D eigenvalue weighted by Crippen LogP contribution is -2.11. The Bertz CT molecular complexity index is 1410. The van der Waals surface area contributed by atoms with Crippen molar-refractivity contribution in [1.29, 1.82) is 0 Å². The molecule has 5 aromatic rings. The van der Waals surface area contributed by atoms with Crippen LogP contribution in [0.1, 0.15) is 23.0 Å². The maximum atomic E-state index is 14.7. The zero-order chi connectivity index (χ0) is 21.5. The molecule has 0 aliphatic carbocycles. The van der Waals surface area contributed by atoms with Gasteiger partial charge in [0.1, 0.15) is 11.6 Å². The van der Waals surface area contributed by atoms with Crippen molar-refractivity contribution in [2.75, 3.05) is 13.7 Å². The molecule has 8 nitrogen and oxygen atoms in total. The number of aliphatic hydroxyl groups excluding tert-OH is 1. The molecule has 0 saturated heterocycles. The lowest BCUT2D eigenvalue weighted by molar-refractivity contribution is 0.276. The first-order valence-corrected chi connectivity index (χ1v) is 9.60. The molecule has 0 radical (unpaired) electrons. The third kappa shape index (κ3) is 3.28. The molecule has 0 saturated carbocycles. The molecule has 5 rings (SSSR count). The number of aryl methyl sites for hydroxylation is 1. The Balaban J connectivity index is 1.64. The van der Waals surface area contributed by atoms with Gasteiger partial charge in [-0.15, -0.1) is 10.2 Å². The minimum Gasteiger partial charge on any atom is -0.495 e. The van der Waals surface area contributed by atoms with Gasteiger partial charge < -0.3 is 14.4 Å². The van der Waals surface area contributed by atoms with Crippen molar-refractivity contribution >= 4 is 16.6 Å². The van der Waals surface area contributed by atoms with Crippen LogP contribution in [0.5, 0.6) is 5.75 Å². The smallest absolute Gasteiger partial charge is 0.196 e. The highest BCUT2D eigenvalue weighted by molar-refractivity contribution is 5.80. The lowest BCUT2D eigenvalue weighted by atomic mass is 9.97. The van der Waals surface area contributed by atoms with Crippen LogP contribution >= 0.6 is 0 Å². The average Bonchev–Trinajstić information content (AvgIpc) is 3.41. The van der Waals surface area contributed by atoms with E-state index in [9.17, 15) is 9.50 Å². The summed E-state index contributed by atoms with van der Waals surface area (Å²) in [6.07, 6.45) is 3.33. The van der Waals surface area contributed by atoms with Gasteiger partial charge in [-0.1, -0.05) is 11.2 Å². The molecule has 0 bridgehead atoms. The Labute approximate surface area is 175 Å². The van der Waals surface area contributed by atoms with Crippen LogP contribution in [0.25, 0.3) is 27.9 Å². The number of halogens is 1. The largest absolute Gasteiger partial charge is 0.495 e. The SMILES string of the molecule is COc1cnc2ccc([C@H](CO)c3nnc4c(F)cc(-c5cc(C)no5)cn34)cc2c1. The molecule has 9 heteroatoms. The van der Waals surface area contributed by atoms with Crippen molar-refractivity contribution in [3.63, 3.8) is 0 Å². The van der Waals surface area contributed by atoms with E-state index in [2.05, 4.69) is 20.3 Å². The summed E-state index contributed by atoms with van der Waals surface area (Å²) in [5, 5.41) is 23.1. The van der Waals surface area contributed by atoms with E-state index in [1.54, 1.807) is 32.5 Å². The van der Waals surface area contributed by atoms with E-state index >= 15 is 0 Å². The fourth-order valence-corrected chi connectivity index (χ4v) is 3.64. The van der Waals surface area contributed by atoms with Crippen LogP contribution in [0, 0.1) is 12.7 Å². The molecule has 0 spiro atoms. The summed E-state index contributed by atoms with van der Waals surface area (Å²) < 4.78 is 26.8. The van der Waals surface area contributed by atoms with Crippen LogP contribution in [-0.4, -0.2) is 43.6 Å². The maximum Gasteiger partial charge on any atom is 0.196 e. The van der Waals surface area contributed by atoms with Gasteiger partial charge in [-0.25, -0.2) is 4.39 Å². The summed E-state index contributed by atoms with van der Waals surface area (Å²) >= 11 is 0. The summed E-state index contributed by atoms with van der Waals surface area (Å²) in [4.78, 5) is 4.36. The van der Waals surface area contributed by atoms with Crippen molar-refractivity contribution in [2.24, 2.45) is 0 Å². The molecule has 0 aliphatic heterocycles. The van der Waals surface area contributed by atoms with Crippen molar-refractivity contribution in [2.45, 2.75) is 12.8 Å². The second-order valence-electron chi connectivity index (χ2n) is 7.22. The van der Waals surface area contributed by atoms with Gasteiger partial charge in [-0.3, -0.25) is 9.38 Å². The summed E-state index contributed by atoms with van der Waals surface area (Å²) in [7, 11) is 1.58. The molecule has 1 N–H and O–H groups in total. The predicted octanol–water partition coefficient (Wildman–Crippen LogP) is 3.51. The number of aliphatic hydroxyl groups is 1. The molecular formula is C22H18FN5O3. The highest BCUT2D eigenvalue weighted by Gasteiger charge is 2.23. The molecule has 4 aromatic heterocycles. The van der Waals surface area contributed by atoms with Crippen molar-refractivity contribution in [3.8, 4) is 17.1 Å². The van der Waals surface area contributed by atoms with E-state index in [1.807, 2.05) is 24.3 Å². The zero-order valence-corrected chi connectivity index (χ0v) is 16.8. The van der Waals surface area contributed by atoms with Gasteiger partial charge >= 0.3 is 0 Å². The number of hydrogen-bond donors (Lipinski definition) is 1. The fraction of sp³-hybridized carbons (Fsp3) is 0.182. The standard InChI is InChI=1S/C22H18FN5O3/c1-12-5-20(31-27-12)15-8-18(23)22-26-25-21(28(22)10-15)17(11-29)13-3-4-19-14(6-13)7-16(30-2)9-24-19/h3-10,17,29H,11H2,1-2H3/t17-/m0/s1. The third-order valence-electron chi connectivity index (χ3n) is 5.21. The number of aromatic nitrogens is 5. The van der Waals surface area contributed by atoms with E-state index in [0.717, 1.165) is 16.5 Å². The number of methoxy groups -OCH3 is 1. The molecule has 1 aromatic carbocycles. The van der Waals surface area contributed by atoms with Gasteiger partial charge in [-0.05, 0) is 36.8 Å². The normalized spacial score (nSPS) is 12.5. The molecule has 156 valence electrons. The highest BCUT2D eigenvalue weighted by Crippen LogP contribution is 2.30. The number of ether oxygens (including phenoxy) is 1. The Morgan fingerprint density at radius 1 is 1.19 bits per heavy atom. The first kappa shape index (κ1) is 19.1. The quantitative estimate of drug-likeness (QED) is 0.465. The number of nitrogens with zero attached hydrogens (tertiary/aromatic N) is 5. The van der Waals surface area contributed by atoms with Crippen molar-refractivity contribution < 1.29 is 18.8 Å². The second kappa shape index (κ2) is 7.44. The molecular weight excluding hydrogens is 401 g/mol. The van der Waals surface area contributed by atoms with E-state index in [4.69, 9.17) is 9.26 Å². The Morgan fingerprint density at radius 2 is 2.06 bits per heavy atom. The minimum atomic E-state index is -0.547. The Hall–Kier alpha value is -3.85. The third-order valence-corrected chi connectivity index (χ3v) is 5.21. The van der Waals surface area contributed by atoms with E-state index in [-0.39, 0.29) is 12.3 Å². The summed E-state index contributed by atoms with van der Waals surface area (Å²) in [5.41, 5.74) is 2.84. The van der Waals surface area contributed by atoms with Gasteiger partial charge in [0, 0.05) is 23.2 Å². The van der Waals surface area contributed by atoms with Gasteiger partial charge in [0.25, 0.3) is 0 Å². The van der Waals surface area contributed by atoms with Gasteiger partial charge in [0.15, 0.2) is 17.2 Å². The molecule has 31 heavy (non-hydrogen) atoms. The minimum absolute atomic E-state index is 0.0672. The van der Waals surface area contributed by atoms with E-state index in [1.165, 1.54) is 10.5 Å². The zero-order valence-electron chi connectivity index (χ0n) is 16.8. The predicted molar refractivity (Wildman–Crippen MR) is 110 cm³/mol. The van der Waals surface area contributed by atoms with Gasteiger partial charge in [0.05, 0.1) is 37.0 Å². The number of fused-ring (bicyclic) bond motifs is 2. The monoisotopic (exact) mass is 419 g/mol. The Kier molecular flexibility index (Phi) is 4.59. The first-order chi connectivity index (χ1) is 15.1. The van der Waals surface area contributed by atoms with Crippen LogP contribution in [-0.2, 0) is 0 Å². The molecule has 0 amide bonds. The topological polar surface area (TPSA) is 98.6 Å². The number of pyridine rings is 2. The second-order valence-corrected chi connectivity index (χ2v) is 7.22. The van der Waals surface area contributed by atoms with E-state index < -0.39 is 11.7 Å². The first-order valence-electron chi connectivity index (χ1n) is 9.60. The lowest BCUT2D eigenvalue weighted by Gasteiger charge is -2.14. The Morgan fingerprint density at radius 3 is 2.81 bits per heavy atom. The van der Waals surface area contributed by atoms with Crippen LogP contribution in [0.3, 0.4) is 0 Å². The summed E-state index contributed by atoms with van der Waals surface area (Å²) in [5.74, 6) is 0.394.